The zero-order chi connectivity index (χ0) is 9.84. The van der Waals surface area contributed by atoms with E-state index in [0.29, 0.717) is 0 Å². The molecule has 1 unspecified atom stereocenters. The minimum Gasteiger partial charge on any atom is -0.254 e. The average molecular weight is 208 g/mol. The average Bonchev–Trinajstić information content (AvgIpc) is 2.03. The summed E-state index contributed by atoms with van der Waals surface area (Å²) in [6, 6.07) is 4.87. The van der Waals surface area contributed by atoms with Crippen LogP contribution < -0.4 is 0 Å². The van der Waals surface area contributed by atoms with Crippen LogP contribution in [0.15, 0.2) is 29.2 Å². The summed E-state index contributed by atoms with van der Waals surface area (Å²) in [6.45, 7) is 0. The van der Waals surface area contributed by atoms with Gasteiger partial charge in [0.25, 0.3) is 0 Å². The van der Waals surface area contributed by atoms with Gasteiger partial charge in [-0.3, -0.25) is 4.21 Å². The van der Waals surface area contributed by atoms with Crippen molar-refractivity contribution in [3.63, 3.8) is 0 Å². The predicted molar refractivity (Wildman–Crippen MR) is 43.7 cm³/mol. The largest absolute Gasteiger partial charge is 0.254 e. The van der Waals surface area contributed by atoms with E-state index in [9.17, 15) is 17.4 Å². The molecule has 0 aliphatic carbocycles. The van der Waals surface area contributed by atoms with Crippen LogP contribution in [0.4, 0.5) is 13.2 Å². The maximum atomic E-state index is 12.5. The third-order valence-corrected chi connectivity index (χ3v) is 2.67. The number of halogens is 3. The van der Waals surface area contributed by atoms with E-state index >= 15 is 0 Å². The summed E-state index contributed by atoms with van der Waals surface area (Å²) >= 11 is 0. The molecule has 0 aliphatic heterocycles. The van der Waals surface area contributed by atoms with Gasteiger partial charge in [0.2, 0.25) is 6.43 Å². The Morgan fingerprint density at radius 3 is 2.62 bits per heavy atom. The van der Waals surface area contributed by atoms with Crippen LogP contribution in [0.3, 0.4) is 0 Å². The molecular weight excluding hydrogens is 201 g/mol. The highest BCUT2D eigenvalue weighted by molar-refractivity contribution is 7.85. The first-order valence-electron chi connectivity index (χ1n) is 3.51. The maximum Gasteiger partial charge on any atom is 0.250 e. The molecule has 1 nitrogen and oxygen atoms in total. The van der Waals surface area contributed by atoms with Gasteiger partial charge in [-0.05, 0) is 18.2 Å². The minimum atomic E-state index is -2.64. The Morgan fingerprint density at radius 1 is 1.38 bits per heavy atom. The Bertz CT molecular complexity index is 314. The molecule has 1 atom stereocenters. The van der Waals surface area contributed by atoms with Crippen LogP contribution in [-0.2, 0) is 10.8 Å². The quantitative estimate of drug-likeness (QED) is 0.744. The highest BCUT2D eigenvalue weighted by atomic mass is 32.2. The summed E-state index contributed by atoms with van der Waals surface area (Å²) in [6.07, 6.45) is -2.64. The van der Waals surface area contributed by atoms with Gasteiger partial charge in [0.1, 0.15) is 5.82 Å². The summed E-state index contributed by atoms with van der Waals surface area (Å²) in [5.41, 5.74) is 0. The molecule has 5 heteroatoms. The molecule has 0 heterocycles. The molecule has 0 saturated heterocycles. The minimum absolute atomic E-state index is 0.0975. The van der Waals surface area contributed by atoms with Crippen molar-refractivity contribution >= 4 is 10.8 Å². The molecule has 0 spiro atoms. The maximum absolute atomic E-state index is 12.5. The van der Waals surface area contributed by atoms with Crippen molar-refractivity contribution in [1.29, 1.82) is 0 Å². The summed E-state index contributed by atoms with van der Waals surface area (Å²) in [4.78, 5) is 0.0975. The lowest BCUT2D eigenvalue weighted by Gasteiger charge is -2.00. The van der Waals surface area contributed by atoms with Gasteiger partial charge in [-0.25, -0.2) is 13.2 Å². The van der Waals surface area contributed by atoms with Crippen LogP contribution in [0.25, 0.3) is 0 Å². The standard InChI is InChI=1S/C8H7F3OS/c9-6-2-1-3-7(4-6)13(12)5-8(10)11/h1-4,8H,5H2. The third-order valence-electron chi connectivity index (χ3n) is 1.34. The molecule has 0 radical (unpaired) electrons. The Labute approximate surface area is 76.0 Å². The second-order valence-electron chi connectivity index (χ2n) is 2.36. The molecular formula is C8H7F3OS. The van der Waals surface area contributed by atoms with Crippen LogP contribution in [0.2, 0.25) is 0 Å². The Kier molecular flexibility index (Phi) is 3.48. The zero-order valence-electron chi connectivity index (χ0n) is 6.54. The molecule has 1 aromatic rings. The molecule has 0 bridgehead atoms. The van der Waals surface area contributed by atoms with Gasteiger partial charge in [-0.2, -0.15) is 0 Å². The highest BCUT2D eigenvalue weighted by Crippen LogP contribution is 2.10. The molecule has 0 aromatic heterocycles. The van der Waals surface area contributed by atoms with E-state index < -0.39 is 28.8 Å². The lowest BCUT2D eigenvalue weighted by molar-refractivity contribution is 0.175. The first-order chi connectivity index (χ1) is 6.09. The monoisotopic (exact) mass is 208 g/mol. The van der Waals surface area contributed by atoms with Crippen LogP contribution in [0, 0.1) is 5.82 Å². The van der Waals surface area contributed by atoms with Crippen molar-refractivity contribution in [3.8, 4) is 0 Å². The molecule has 0 amide bonds. The lowest BCUT2D eigenvalue weighted by atomic mass is 10.4. The van der Waals surface area contributed by atoms with Crippen LogP contribution in [-0.4, -0.2) is 16.4 Å². The fraction of sp³-hybridized carbons (Fsp3) is 0.250. The zero-order valence-corrected chi connectivity index (χ0v) is 7.36. The fourth-order valence-corrected chi connectivity index (χ4v) is 1.71. The van der Waals surface area contributed by atoms with E-state index in [1.54, 1.807) is 0 Å². The second-order valence-corrected chi connectivity index (χ2v) is 3.86. The molecule has 0 saturated carbocycles. The number of hydrogen-bond acceptors (Lipinski definition) is 1. The summed E-state index contributed by atoms with van der Waals surface area (Å²) in [7, 11) is -1.81. The summed E-state index contributed by atoms with van der Waals surface area (Å²) < 4.78 is 47.2. The van der Waals surface area contributed by atoms with Crippen molar-refractivity contribution in [3.05, 3.63) is 30.1 Å². The van der Waals surface area contributed by atoms with Gasteiger partial charge in [0.05, 0.1) is 16.6 Å². The Balaban J connectivity index is 2.77. The molecule has 0 fully saturated rings. The van der Waals surface area contributed by atoms with E-state index in [-0.39, 0.29) is 4.90 Å². The van der Waals surface area contributed by atoms with Gasteiger partial charge < -0.3 is 0 Å². The summed E-state index contributed by atoms with van der Waals surface area (Å²) in [5.74, 6) is -1.32. The Morgan fingerprint density at radius 2 is 2.08 bits per heavy atom. The number of alkyl halides is 2. The first kappa shape index (κ1) is 10.2. The van der Waals surface area contributed by atoms with E-state index in [1.807, 2.05) is 0 Å². The van der Waals surface area contributed by atoms with Gasteiger partial charge in [0.15, 0.2) is 0 Å². The van der Waals surface area contributed by atoms with Gasteiger partial charge >= 0.3 is 0 Å². The third kappa shape index (κ3) is 3.18. The van der Waals surface area contributed by atoms with Crippen molar-refractivity contribution in [2.75, 3.05) is 5.75 Å². The second kappa shape index (κ2) is 4.41. The Hall–Kier alpha value is -0.840. The van der Waals surface area contributed by atoms with Crippen LogP contribution >= 0.6 is 0 Å². The molecule has 0 N–H and O–H groups in total. The van der Waals surface area contributed by atoms with Crippen LogP contribution in [0.1, 0.15) is 0 Å². The number of rotatable bonds is 3. The van der Waals surface area contributed by atoms with Crippen LogP contribution in [0.5, 0.6) is 0 Å². The van der Waals surface area contributed by atoms with Crippen molar-refractivity contribution in [2.24, 2.45) is 0 Å². The highest BCUT2D eigenvalue weighted by Gasteiger charge is 2.11. The van der Waals surface area contributed by atoms with Gasteiger partial charge in [-0.15, -0.1) is 0 Å². The SMILES string of the molecule is O=S(CC(F)F)c1cccc(F)c1. The van der Waals surface area contributed by atoms with Crippen molar-refractivity contribution in [2.45, 2.75) is 11.3 Å². The molecule has 13 heavy (non-hydrogen) atoms. The lowest BCUT2D eigenvalue weighted by Crippen LogP contribution is -2.06. The molecule has 1 aromatic carbocycles. The fourth-order valence-electron chi connectivity index (χ4n) is 0.819. The van der Waals surface area contributed by atoms with E-state index in [2.05, 4.69) is 0 Å². The van der Waals surface area contributed by atoms with E-state index in [4.69, 9.17) is 0 Å². The number of benzene rings is 1. The van der Waals surface area contributed by atoms with Gasteiger partial charge in [-0.1, -0.05) is 6.07 Å². The first-order valence-corrected chi connectivity index (χ1v) is 4.83. The van der Waals surface area contributed by atoms with Crippen molar-refractivity contribution in [1.82, 2.24) is 0 Å². The molecule has 0 aliphatic rings. The topological polar surface area (TPSA) is 17.1 Å². The van der Waals surface area contributed by atoms with Crippen molar-refractivity contribution < 1.29 is 17.4 Å². The predicted octanol–water partition coefficient (Wildman–Crippen LogP) is 2.20. The smallest absolute Gasteiger partial charge is 0.250 e. The molecule has 1 rings (SSSR count). The van der Waals surface area contributed by atoms with E-state index in [0.717, 1.165) is 6.07 Å². The van der Waals surface area contributed by atoms with Gasteiger partial charge in [0, 0.05) is 4.90 Å². The van der Waals surface area contributed by atoms with E-state index in [1.165, 1.54) is 18.2 Å². The summed E-state index contributed by atoms with van der Waals surface area (Å²) in [5, 5.41) is 0. The normalized spacial score (nSPS) is 13.2. The molecule has 72 valence electrons. The number of hydrogen-bond donors (Lipinski definition) is 0.